The van der Waals surface area contributed by atoms with Crippen LogP contribution < -0.4 is 0 Å². The SMILES string of the molecule is CCN(C)C(=O)C(SC1OC(COC(C)=O)C(OC(C)=O)C(n2cc(-c3cc(F)cc(F)c3)nn2)C1OC(C)=O)C1(O)CCOCC1. The number of carbonyl (C=O) groups is 4. The second-order valence-corrected chi connectivity index (χ2v) is 12.5. The molecule has 14 nitrogen and oxygen atoms in total. The summed E-state index contributed by atoms with van der Waals surface area (Å²) in [5, 5.41) is 18.8. The number of esters is 3. The summed E-state index contributed by atoms with van der Waals surface area (Å²) in [5.74, 6) is -4.31. The molecule has 1 aromatic carbocycles. The topological polar surface area (TPSA) is 169 Å². The number of aromatic nitrogens is 3. The molecule has 258 valence electrons. The van der Waals surface area contributed by atoms with E-state index in [1.165, 1.54) is 22.7 Å². The van der Waals surface area contributed by atoms with E-state index < -0.39 is 82.7 Å². The molecule has 2 fully saturated rings. The summed E-state index contributed by atoms with van der Waals surface area (Å²) in [4.78, 5) is 52.0. The number of amides is 1. The number of carbonyl (C=O) groups excluding carboxylic acids is 4. The van der Waals surface area contributed by atoms with Crippen molar-refractivity contribution in [1.29, 1.82) is 0 Å². The Hall–Kier alpha value is -3.67. The van der Waals surface area contributed by atoms with Gasteiger partial charge in [0.1, 0.15) is 46.8 Å². The number of halogens is 2. The highest BCUT2D eigenvalue weighted by atomic mass is 32.2. The molecule has 6 atom stereocenters. The van der Waals surface area contributed by atoms with Crippen molar-refractivity contribution in [2.45, 2.75) is 81.2 Å². The lowest BCUT2D eigenvalue weighted by Crippen LogP contribution is -2.60. The van der Waals surface area contributed by atoms with Gasteiger partial charge in [0.25, 0.3) is 0 Å². The first-order valence-corrected chi connectivity index (χ1v) is 15.9. The maximum absolute atomic E-state index is 14.1. The number of hydrogen-bond donors (Lipinski definition) is 1. The standard InChI is InChI=1S/C30H38F2N4O10S/c1-6-35(5)28(40)27(30(41)7-9-42-10-8-30)47-29-26(45-18(4)39)24(25(44-17(3)38)23(46-29)15-43-16(2)37)36-14-22(33-34-36)19-11-20(31)13-21(32)12-19/h11-14,23-27,29,41H,6-10,15H2,1-5H3. The number of aliphatic hydroxyl groups is 1. The molecule has 0 spiro atoms. The van der Waals surface area contributed by atoms with E-state index in [9.17, 15) is 33.1 Å². The van der Waals surface area contributed by atoms with Crippen molar-refractivity contribution in [2.75, 3.05) is 33.4 Å². The van der Waals surface area contributed by atoms with Crippen LogP contribution in [0, 0.1) is 11.6 Å². The highest BCUT2D eigenvalue weighted by Crippen LogP contribution is 2.44. The van der Waals surface area contributed by atoms with Gasteiger partial charge in [-0.15, -0.1) is 16.9 Å². The summed E-state index contributed by atoms with van der Waals surface area (Å²) in [6.45, 7) is 5.54. The van der Waals surface area contributed by atoms with Gasteiger partial charge in [-0.2, -0.15) is 0 Å². The Morgan fingerprint density at radius 1 is 1.06 bits per heavy atom. The van der Waals surface area contributed by atoms with Crippen molar-refractivity contribution in [2.24, 2.45) is 0 Å². The molecule has 2 saturated heterocycles. The Balaban J connectivity index is 1.85. The second-order valence-electron chi connectivity index (χ2n) is 11.3. The van der Waals surface area contributed by atoms with Gasteiger partial charge in [-0.05, 0) is 19.1 Å². The number of rotatable bonds is 11. The molecular formula is C30H38F2N4O10S. The first-order valence-electron chi connectivity index (χ1n) is 14.9. The normalized spacial score (nSPS) is 24.6. The molecule has 2 aliphatic rings. The van der Waals surface area contributed by atoms with Crippen LogP contribution in [0.5, 0.6) is 0 Å². The van der Waals surface area contributed by atoms with Gasteiger partial charge in [-0.25, -0.2) is 13.5 Å². The largest absolute Gasteiger partial charge is 0.463 e. The van der Waals surface area contributed by atoms with E-state index in [1.807, 2.05) is 0 Å². The summed E-state index contributed by atoms with van der Waals surface area (Å²) in [7, 11) is 1.58. The lowest BCUT2D eigenvalue weighted by Gasteiger charge is -2.47. The van der Waals surface area contributed by atoms with Crippen molar-refractivity contribution < 1.29 is 56.7 Å². The van der Waals surface area contributed by atoms with E-state index >= 15 is 0 Å². The minimum atomic E-state index is -1.54. The monoisotopic (exact) mass is 684 g/mol. The number of hydrogen-bond acceptors (Lipinski definition) is 13. The fraction of sp³-hybridized carbons (Fsp3) is 0.600. The van der Waals surface area contributed by atoms with Crippen LogP contribution in [-0.2, 0) is 42.9 Å². The van der Waals surface area contributed by atoms with Crippen molar-refractivity contribution in [3.63, 3.8) is 0 Å². The highest BCUT2D eigenvalue weighted by Gasteiger charge is 2.55. The summed E-state index contributed by atoms with van der Waals surface area (Å²) >= 11 is 0.899. The van der Waals surface area contributed by atoms with Crippen LogP contribution in [0.2, 0.25) is 0 Å². The van der Waals surface area contributed by atoms with Gasteiger partial charge in [0.15, 0.2) is 12.2 Å². The molecule has 6 unspecified atom stereocenters. The van der Waals surface area contributed by atoms with Crippen LogP contribution in [0.4, 0.5) is 8.78 Å². The van der Waals surface area contributed by atoms with Crippen LogP contribution in [-0.4, -0.2) is 117 Å². The average Bonchev–Trinajstić information content (AvgIpc) is 3.48. The third-order valence-corrected chi connectivity index (χ3v) is 9.40. The van der Waals surface area contributed by atoms with E-state index in [0.29, 0.717) is 12.6 Å². The zero-order valence-corrected chi connectivity index (χ0v) is 27.4. The summed E-state index contributed by atoms with van der Waals surface area (Å²) < 4.78 is 57.8. The number of benzene rings is 1. The fourth-order valence-electron chi connectivity index (χ4n) is 5.44. The molecule has 17 heteroatoms. The summed E-state index contributed by atoms with van der Waals surface area (Å²) in [6.07, 6.45) is -2.27. The van der Waals surface area contributed by atoms with Crippen LogP contribution in [0.1, 0.15) is 46.6 Å². The molecule has 3 heterocycles. The minimum Gasteiger partial charge on any atom is -0.463 e. The molecular weight excluding hydrogens is 646 g/mol. The van der Waals surface area contributed by atoms with E-state index in [4.69, 9.17) is 23.7 Å². The first kappa shape index (κ1) is 36.2. The highest BCUT2D eigenvalue weighted by molar-refractivity contribution is 8.01. The number of thioether (sulfide) groups is 1. The van der Waals surface area contributed by atoms with Gasteiger partial charge >= 0.3 is 17.9 Å². The molecule has 0 bridgehead atoms. The quantitative estimate of drug-likeness (QED) is 0.270. The summed E-state index contributed by atoms with van der Waals surface area (Å²) in [6, 6.07) is 1.57. The van der Waals surface area contributed by atoms with Crippen LogP contribution in [0.3, 0.4) is 0 Å². The lowest BCUT2D eigenvalue weighted by molar-refractivity contribution is -0.212. The van der Waals surface area contributed by atoms with Crippen molar-refractivity contribution in [1.82, 2.24) is 19.9 Å². The first-order chi connectivity index (χ1) is 22.2. The van der Waals surface area contributed by atoms with Gasteiger partial charge in [-0.1, -0.05) is 5.21 Å². The van der Waals surface area contributed by atoms with Crippen LogP contribution >= 0.6 is 11.8 Å². The Morgan fingerprint density at radius 2 is 1.68 bits per heavy atom. The van der Waals surface area contributed by atoms with Gasteiger partial charge < -0.3 is 33.7 Å². The van der Waals surface area contributed by atoms with Gasteiger partial charge in [0.2, 0.25) is 5.91 Å². The maximum atomic E-state index is 14.1. The maximum Gasteiger partial charge on any atom is 0.303 e. The molecule has 1 N–H and O–H groups in total. The Kier molecular flexibility index (Phi) is 11.9. The van der Waals surface area contributed by atoms with Crippen LogP contribution in [0.25, 0.3) is 11.3 Å². The third-order valence-electron chi connectivity index (χ3n) is 7.84. The number of ether oxygens (including phenoxy) is 5. The predicted octanol–water partition coefficient (Wildman–Crippen LogP) is 2.04. The molecule has 1 aromatic heterocycles. The molecule has 0 aliphatic carbocycles. The lowest BCUT2D eigenvalue weighted by atomic mass is 9.89. The van der Waals surface area contributed by atoms with E-state index in [1.54, 1.807) is 14.0 Å². The smallest absolute Gasteiger partial charge is 0.303 e. The van der Waals surface area contributed by atoms with Crippen LogP contribution in [0.15, 0.2) is 24.4 Å². The van der Waals surface area contributed by atoms with Crippen molar-refractivity contribution in [3.05, 3.63) is 36.0 Å². The van der Waals surface area contributed by atoms with E-state index in [-0.39, 0.29) is 37.3 Å². The Labute approximate surface area is 274 Å². The number of nitrogens with zero attached hydrogens (tertiary/aromatic N) is 4. The molecule has 47 heavy (non-hydrogen) atoms. The van der Waals surface area contributed by atoms with E-state index in [0.717, 1.165) is 37.7 Å². The summed E-state index contributed by atoms with van der Waals surface area (Å²) in [5.41, 5.74) is -2.69. The molecule has 0 radical (unpaired) electrons. The second kappa shape index (κ2) is 15.5. The molecule has 2 aliphatic heterocycles. The van der Waals surface area contributed by atoms with Gasteiger partial charge in [0.05, 0.1) is 11.8 Å². The average molecular weight is 685 g/mol. The molecule has 0 saturated carbocycles. The zero-order chi connectivity index (χ0) is 34.5. The Bertz CT molecular complexity index is 1440. The van der Waals surface area contributed by atoms with E-state index in [2.05, 4.69) is 10.3 Å². The predicted molar refractivity (Wildman–Crippen MR) is 161 cm³/mol. The molecule has 1 amide bonds. The zero-order valence-electron chi connectivity index (χ0n) is 26.6. The minimum absolute atomic E-state index is 0.0351. The Morgan fingerprint density at radius 3 is 2.26 bits per heavy atom. The van der Waals surface area contributed by atoms with Crippen molar-refractivity contribution >= 4 is 35.6 Å². The van der Waals surface area contributed by atoms with Gasteiger partial charge in [0, 0.05) is 72.0 Å². The molecule has 2 aromatic rings. The molecule has 4 rings (SSSR count). The van der Waals surface area contributed by atoms with Gasteiger partial charge in [-0.3, -0.25) is 19.2 Å². The fourth-order valence-corrected chi connectivity index (χ4v) is 7.07. The third kappa shape index (κ3) is 8.82. The van der Waals surface area contributed by atoms with Crippen molar-refractivity contribution in [3.8, 4) is 11.3 Å².